The second kappa shape index (κ2) is 15.0. The minimum atomic E-state index is -5.08. The molecule has 0 aliphatic carbocycles. The Balaban J connectivity index is 0.000000708. The largest absolute Gasteiger partial charge is 0.490 e. The SMILES string of the molecule is COC(=O)Cc1ccc(CNC(=O)[C@@H]2CCCN2C(=O)CC(N)Cc2ccccc2F)cc1.O=C(O)C(F)(F)F. The molecule has 2 aromatic rings. The first-order valence-electron chi connectivity index (χ1n) is 12.3. The van der Waals surface area contributed by atoms with Crippen LogP contribution in [0.15, 0.2) is 48.5 Å². The maximum absolute atomic E-state index is 13.9. The van der Waals surface area contributed by atoms with Crippen LogP contribution in [0.25, 0.3) is 0 Å². The van der Waals surface area contributed by atoms with Gasteiger partial charge in [0.25, 0.3) is 0 Å². The van der Waals surface area contributed by atoms with Crippen molar-refractivity contribution in [1.82, 2.24) is 10.2 Å². The fourth-order valence-electron chi connectivity index (χ4n) is 4.02. The van der Waals surface area contributed by atoms with Gasteiger partial charge >= 0.3 is 18.1 Å². The van der Waals surface area contributed by atoms with Gasteiger partial charge in [0.1, 0.15) is 11.9 Å². The first-order valence-corrected chi connectivity index (χ1v) is 12.3. The number of methoxy groups -OCH3 is 1. The van der Waals surface area contributed by atoms with Crippen molar-refractivity contribution in [3.8, 4) is 0 Å². The number of carboxylic acid groups (broad SMARTS) is 1. The highest BCUT2D eigenvalue weighted by atomic mass is 19.4. The third-order valence-electron chi connectivity index (χ3n) is 6.06. The predicted octanol–water partition coefficient (Wildman–Crippen LogP) is 2.74. The molecular formula is C27H31F4N3O6. The molecule has 2 atom stereocenters. The maximum Gasteiger partial charge on any atom is 0.490 e. The van der Waals surface area contributed by atoms with Crippen LogP contribution in [0.2, 0.25) is 0 Å². The van der Waals surface area contributed by atoms with Crippen molar-refractivity contribution in [2.45, 2.75) is 56.9 Å². The van der Waals surface area contributed by atoms with E-state index >= 15 is 0 Å². The number of nitrogens with two attached hydrogens (primary N) is 1. The van der Waals surface area contributed by atoms with E-state index in [1.165, 1.54) is 13.2 Å². The lowest BCUT2D eigenvalue weighted by atomic mass is 10.0. The van der Waals surface area contributed by atoms with E-state index in [0.29, 0.717) is 25.1 Å². The van der Waals surface area contributed by atoms with E-state index in [0.717, 1.165) is 17.5 Å². The zero-order valence-electron chi connectivity index (χ0n) is 21.7. The normalized spacial score (nSPS) is 15.4. The van der Waals surface area contributed by atoms with Crippen molar-refractivity contribution in [3.63, 3.8) is 0 Å². The number of carboxylic acids is 1. The van der Waals surface area contributed by atoms with Crippen LogP contribution < -0.4 is 11.1 Å². The lowest BCUT2D eigenvalue weighted by molar-refractivity contribution is -0.192. The molecular weight excluding hydrogens is 538 g/mol. The van der Waals surface area contributed by atoms with Crippen molar-refractivity contribution in [3.05, 3.63) is 71.0 Å². The summed E-state index contributed by atoms with van der Waals surface area (Å²) in [5.41, 5.74) is 8.30. The Kier molecular flexibility index (Phi) is 12.1. The topological polar surface area (TPSA) is 139 Å². The van der Waals surface area contributed by atoms with Gasteiger partial charge in [-0.1, -0.05) is 42.5 Å². The van der Waals surface area contributed by atoms with Gasteiger partial charge in [-0.05, 0) is 42.0 Å². The van der Waals surface area contributed by atoms with Crippen LogP contribution >= 0.6 is 0 Å². The van der Waals surface area contributed by atoms with Crippen molar-refractivity contribution in [2.75, 3.05) is 13.7 Å². The minimum absolute atomic E-state index is 0.0553. The summed E-state index contributed by atoms with van der Waals surface area (Å²) < 4.78 is 50.2. The summed E-state index contributed by atoms with van der Waals surface area (Å²) in [6, 6.07) is 12.7. The highest BCUT2D eigenvalue weighted by Gasteiger charge is 2.38. The van der Waals surface area contributed by atoms with E-state index in [2.05, 4.69) is 10.1 Å². The number of nitrogens with zero attached hydrogens (tertiary/aromatic N) is 1. The molecule has 1 aliphatic rings. The van der Waals surface area contributed by atoms with Crippen LogP contribution in [0.4, 0.5) is 17.6 Å². The quantitative estimate of drug-likeness (QED) is 0.312. The molecule has 2 aromatic carbocycles. The molecule has 0 bridgehead atoms. The van der Waals surface area contributed by atoms with E-state index in [-0.39, 0.29) is 42.9 Å². The standard InChI is InChI=1S/C25H30FN3O4.C2HF3O2/c1-33-24(31)13-17-8-10-18(11-9-17)16-28-25(32)22-7-4-12-29(22)23(30)15-20(27)14-19-5-2-3-6-21(19)26;3-2(4,5)1(6)7/h2-3,5-6,8-11,20,22H,4,7,12-16,27H2,1H3,(H,28,32);(H,6,7)/t20?,22-;/m0./s1. The molecule has 13 heteroatoms. The number of ether oxygens (including phenoxy) is 1. The third-order valence-corrected chi connectivity index (χ3v) is 6.06. The zero-order valence-corrected chi connectivity index (χ0v) is 21.7. The van der Waals surface area contributed by atoms with Crippen molar-refractivity contribution >= 4 is 23.8 Å². The van der Waals surface area contributed by atoms with Crippen molar-refractivity contribution in [2.24, 2.45) is 5.73 Å². The zero-order chi connectivity index (χ0) is 29.9. The highest BCUT2D eigenvalue weighted by molar-refractivity contribution is 5.88. The van der Waals surface area contributed by atoms with Crippen LogP contribution in [0.3, 0.4) is 0 Å². The Morgan fingerprint density at radius 3 is 2.27 bits per heavy atom. The number of esters is 1. The molecule has 1 fully saturated rings. The number of benzene rings is 2. The number of alkyl halides is 3. The second-order valence-electron chi connectivity index (χ2n) is 9.10. The first kappa shape index (κ1) is 32.2. The number of carbonyl (C=O) groups is 4. The highest BCUT2D eigenvalue weighted by Crippen LogP contribution is 2.20. The van der Waals surface area contributed by atoms with Gasteiger partial charge in [0.05, 0.1) is 13.5 Å². The number of aliphatic carboxylic acids is 1. The van der Waals surface area contributed by atoms with E-state index in [9.17, 15) is 31.9 Å². The molecule has 1 aliphatic heterocycles. The second-order valence-corrected chi connectivity index (χ2v) is 9.10. The van der Waals surface area contributed by atoms with Gasteiger partial charge in [-0.3, -0.25) is 14.4 Å². The van der Waals surface area contributed by atoms with E-state index in [4.69, 9.17) is 15.6 Å². The van der Waals surface area contributed by atoms with Crippen LogP contribution in [0.1, 0.15) is 36.0 Å². The van der Waals surface area contributed by atoms with E-state index < -0.39 is 24.2 Å². The molecule has 218 valence electrons. The minimum Gasteiger partial charge on any atom is -0.475 e. The Labute approximate surface area is 228 Å². The van der Waals surface area contributed by atoms with Crippen LogP contribution in [-0.2, 0) is 43.3 Å². The van der Waals surface area contributed by atoms with Gasteiger partial charge < -0.3 is 25.8 Å². The fourth-order valence-corrected chi connectivity index (χ4v) is 4.02. The first-order chi connectivity index (χ1) is 18.8. The van der Waals surface area contributed by atoms with Gasteiger partial charge in [0.15, 0.2) is 0 Å². The molecule has 1 unspecified atom stereocenters. The molecule has 0 radical (unpaired) electrons. The van der Waals surface area contributed by atoms with E-state index in [1.54, 1.807) is 23.1 Å². The number of rotatable bonds is 9. The molecule has 1 heterocycles. The summed E-state index contributed by atoms with van der Waals surface area (Å²) in [5.74, 6) is -3.80. The molecule has 4 N–H and O–H groups in total. The van der Waals surface area contributed by atoms with Gasteiger partial charge in [-0.25, -0.2) is 9.18 Å². The van der Waals surface area contributed by atoms with Gasteiger partial charge in [0.2, 0.25) is 11.8 Å². The third kappa shape index (κ3) is 10.3. The molecule has 1 saturated heterocycles. The summed E-state index contributed by atoms with van der Waals surface area (Å²) in [4.78, 5) is 47.4. The smallest absolute Gasteiger partial charge is 0.475 e. The van der Waals surface area contributed by atoms with Crippen molar-refractivity contribution < 1.29 is 46.6 Å². The predicted molar refractivity (Wildman–Crippen MR) is 135 cm³/mol. The summed E-state index contributed by atoms with van der Waals surface area (Å²) in [6.45, 7) is 0.828. The number of hydrogen-bond acceptors (Lipinski definition) is 6. The lowest BCUT2D eigenvalue weighted by Crippen LogP contribution is -2.47. The summed E-state index contributed by atoms with van der Waals surface area (Å²) in [7, 11) is 1.35. The average Bonchev–Trinajstić information content (AvgIpc) is 3.39. The number of amides is 2. The van der Waals surface area contributed by atoms with Gasteiger partial charge in [0, 0.05) is 25.6 Å². The van der Waals surface area contributed by atoms with E-state index in [1.807, 2.05) is 24.3 Å². The number of nitrogens with one attached hydrogen (secondary N) is 1. The Morgan fingerprint density at radius 1 is 1.10 bits per heavy atom. The number of likely N-dealkylation sites (tertiary alicyclic amines) is 1. The molecule has 3 rings (SSSR count). The van der Waals surface area contributed by atoms with Crippen molar-refractivity contribution in [1.29, 1.82) is 0 Å². The number of hydrogen-bond donors (Lipinski definition) is 3. The Bertz CT molecular complexity index is 1170. The summed E-state index contributed by atoms with van der Waals surface area (Å²) in [6.07, 6.45) is -3.23. The van der Waals surface area contributed by atoms with Gasteiger partial charge in [-0.15, -0.1) is 0 Å². The molecule has 9 nitrogen and oxygen atoms in total. The molecule has 0 spiro atoms. The molecule has 2 amide bonds. The van der Waals surface area contributed by atoms with Crippen LogP contribution in [-0.4, -0.2) is 65.7 Å². The number of halogens is 4. The lowest BCUT2D eigenvalue weighted by Gasteiger charge is -2.25. The summed E-state index contributed by atoms with van der Waals surface area (Å²) in [5, 5.41) is 10.0. The monoisotopic (exact) mass is 569 g/mol. The maximum atomic E-state index is 13.9. The summed E-state index contributed by atoms with van der Waals surface area (Å²) >= 11 is 0. The Morgan fingerprint density at radius 2 is 1.70 bits per heavy atom. The fraction of sp³-hybridized carbons (Fsp3) is 0.407. The molecule has 0 aromatic heterocycles. The van der Waals surface area contributed by atoms with Crippen LogP contribution in [0.5, 0.6) is 0 Å². The molecule has 0 saturated carbocycles. The Hall–Kier alpha value is -4.00. The molecule has 40 heavy (non-hydrogen) atoms. The number of carbonyl (C=O) groups excluding carboxylic acids is 3. The van der Waals surface area contributed by atoms with Gasteiger partial charge in [-0.2, -0.15) is 13.2 Å². The van der Waals surface area contributed by atoms with Crippen LogP contribution in [0, 0.1) is 5.82 Å². The average molecular weight is 570 g/mol.